The molecule has 0 N–H and O–H groups in total. The Balaban J connectivity index is 1.89. The molecule has 0 aromatic rings. The molecule has 0 saturated carbocycles. The molecule has 3 atom stereocenters. The Labute approximate surface area is 133 Å². The molecule has 4 aliphatic rings. The summed E-state index contributed by atoms with van der Waals surface area (Å²) < 4.78 is 0. The van der Waals surface area contributed by atoms with E-state index in [-0.39, 0.29) is 11.2 Å². The van der Waals surface area contributed by atoms with Gasteiger partial charge in [-0.15, -0.1) is 0 Å². The van der Waals surface area contributed by atoms with Crippen LogP contribution >= 0.6 is 0 Å². The van der Waals surface area contributed by atoms with Gasteiger partial charge in [-0.25, -0.2) is 0 Å². The molecular formula is C21H26O. The summed E-state index contributed by atoms with van der Waals surface area (Å²) in [6, 6.07) is 0. The Morgan fingerprint density at radius 3 is 2.73 bits per heavy atom. The molecule has 4 aliphatic carbocycles. The van der Waals surface area contributed by atoms with Gasteiger partial charge in [-0.05, 0) is 71.8 Å². The summed E-state index contributed by atoms with van der Waals surface area (Å²) in [5, 5.41) is 0. The van der Waals surface area contributed by atoms with Crippen LogP contribution in [0.5, 0.6) is 0 Å². The van der Waals surface area contributed by atoms with E-state index in [2.05, 4.69) is 33.4 Å². The third kappa shape index (κ3) is 1.63. The first-order chi connectivity index (χ1) is 10.4. The van der Waals surface area contributed by atoms with Gasteiger partial charge in [0.2, 0.25) is 0 Å². The summed E-state index contributed by atoms with van der Waals surface area (Å²) in [6.07, 6.45) is 10.7. The zero-order valence-corrected chi connectivity index (χ0v) is 14.1. The van der Waals surface area contributed by atoms with Gasteiger partial charge in [-0.2, -0.15) is 0 Å². The topological polar surface area (TPSA) is 17.1 Å². The Hall–Kier alpha value is -1.37. The summed E-state index contributed by atoms with van der Waals surface area (Å²) in [6.45, 7) is 11.6. The number of ketones is 1. The van der Waals surface area contributed by atoms with Crippen LogP contribution in [0.25, 0.3) is 0 Å². The predicted octanol–water partition coefficient (Wildman–Crippen LogP) is 5.30. The lowest BCUT2D eigenvalue weighted by Crippen LogP contribution is -2.38. The van der Waals surface area contributed by atoms with Crippen LogP contribution in [0.2, 0.25) is 0 Å². The van der Waals surface area contributed by atoms with Crippen LogP contribution in [0, 0.1) is 16.7 Å². The molecule has 0 amide bonds. The van der Waals surface area contributed by atoms with Crippen LogP contribution in [-0.2, 0) is 4.79 Å². The van der Waals surface area contributed by atoms with Crippen LogP contribution in [0.1, 0.15) is 59.3 Å². The molecule has 0 heterocycles. The van der Waals surface area contributed by atoms with Crippen molar-refractivity contribution >= 4 is 5.78 Å². The lowest BCUT2D eigenvalue weighted by atomic mass is 9.54. The smallest absolute Gasteiger partial charge is 0.156 e. The molecule has 0 aromatic heterocycles. The van der Waals surface area contributed by atoms with E-state index in [1.807, 2.05) is 6.08 Å². The molecule has 0 spiro atoms. The monoisotopic (exact) mass is 294 g/mol. The quantitative estimate of drug-likeness (QED) is 0.592. The summed E-state index contributed by atoms with van der Waals surface area (Å²) >= 11 is 0. The summed E-state index contributed by atoms with van der Waals surface area (Å²) in [5.74, 6) is 1.04. The number of hydrogen-bond acceptors (Lipinski definition) is 1. The van der Waals surface area contributed by atoms with Gasteiger partial charge in [0.05, 0.1) is 0 Å². The van der Waals surface area contributed by atoms with Crippen molar-refractivity contribution in [3.05, 3.63) is 46.6 Å². The lowest BCUT2D eigenvalue weighted by Gasteiger charge is -2.50. The average Bonchev–Trinajstić information content (AvgIpc) is 2.77. The van der Waals surface area contributed by atoms with Gasteiger partial charge < -0.3 is 0 Å². The highest BCUT2D eigenvalue weighted by molar-refractivity contribution is 5.93. The molecule has 0 bridgehead atoms. The minimum Gasteiger partial charge on any atom is -0.295 e. The zero-order valence-electron chi connectivity index (χ0n) is 14.1. The van der Waals surface area contributed by atoms with Crippen LogP contribution in [0.15, 0.2) is 46.6 Å². The van der Waals surface area contributed by atoms with Gasteiger partial charge in [0.25, 0.3) is 0 Å². The Kier molecular flexibility index (Phi) is 2.81. The van der Waals surface area contributed by atoms with Crippen LogP contribution in [0.3, 0.4) is 0 Å². The first-order valence-corrected chi connectivity index (χ1v) is 8.73. The van der Waals surface area contributed by atoms with E-state index in [0.29, 0.717) is 11.8 Å². The number of rotatable bonds is 0. The number of carbonyl (C=O) groups excluding carboxylic acids is 1. The normalized spacial score (nSPS) is 40.8. The van der Waals surface area contributed by atoms with Crippen molar-refractivity contribution in [3.63, 3.8) is 0 Å². The maximum atomic E-state index is 11.9. The third-order valence-corrected chi connectivity index (χ3v) is 7.17. The van der Waals surface area contributed by atoms with Crippen LogP contribution in [0.4, 0.5) is 0 Å². The standard InChI is InChI=1S/C21H26O/c1-13-11-16-17-6-5-14(2)20(17,3)10-8-18(16)21(4)9-7-15(22)12-19(13)21/h6,12,14H,1,5,7-11H2,2-4H3. The minimum absolute atomic E-state index is 0.0621. The van der Waals surface area contributed by atoms with Crippen molar-refractivity contribution in [1.82, 2.24) is 0 Å². The van der Waals surface area contributed by atoms with Crippen LogP contribution in [-0.4, -0.2) is 5.78 Å². The number of allylic oxidation sites excluding steroid dienone is 7. The van der Waals surface area contributed by atoms with Gasteiger partial charge in [0, 0.05) is 11.8 Å². The largest absolute Gasteiger partial charge is 0.295 e. The Morgan fingerprint density at radius 1 is 1.18 bits per heavy atom. The van der Waals surface area contributed by atoms with Crippen molar-refractivity contribution in [2.75, 3.05) is 0 Å². The molecule has 0 fully saturated rings. The average molecular weight is 294 g/mol. The summed E-state index contributed by atoms with van der Waals surface area (Å²) in [7, 11) is 0. The van der Waals surface area contributed by atoms with Crippen molar-refractivity contribution in [2.45, 2.75) is 59.3 Å². The molecule has 0 aromatic carbocycles. The molecule has 1 heteroatoms. The predicted molar refractivity (Wildman–Crippen MR) is 90.4 cm³/mol. The van der Waals surface area contributed by atoms with Crippen molar-refractivity contribution in [1.29, 1.82) is 0 Å². The molecule has 3 unspecified atom stereocenters. The van der Waals surface area contributed by atoms with E-state index in [1.165, 1.54) is 30.4 Å². The van der Waals surface area contributed by atoms with Crippen molar-refractivity contribution in [2.24, 2.45) is 16.7 Å². The minimum atomic E-state index is 0.0621. The second-order valence-electron chi connectivity index (χ2n) is 8.27. The fraction of sp³-hybridized carbons (Fsp3) is 0.571. The third-order valence-electron chi connectivity index (χ3n) is 7.17. The highest BCUT2D eigenvalue weighted by Gasteiger charge is 2.50. The molecule has 22 heavy (non-hydrogen) atoms. The van der Waals surface area contributed by atoms with E-state index >= 15 is 0 Å². The van der Waals surface area contributed by atoms with Gasteiger partial charge in [-0.3, -0.25) is 4.79 Å². The molecule has 1 nitrogen and oxygen atoms in total. The fourth-order valence-corrected chi connectivity index (χ4v) is 5.43. The second-order valence-corrected chi connectivity index (χ2v) is 8.27. The van der Waals surface area contributed by atoms with E-state index < -0.39 is 0 Å². The van der Waals surface area contributed by atoms with E-state index in [4.69, 9.17) is 0 Å². The number of hydrogen-bond donors (Lipinski definition) is 0. The first-order valence-electron chi connectivity index (χ1n) is 8.73. The lowest BCUT2D eigenvalue weighted by molar-refractivity contribution is -0.115. The van der Waals surface area contributed by atoms with E-state index in [9.17, 15) is 4.79 Å². The molecule has 0 aliphatic heterocycles. The van der Waals surface area contributed by atoms with Gasteiger partial charge in [-0.1, -0.05) is 39.0 Å². The van der Waals surface area contributed by atoms with Gasteiger partial charge in [0.15, 0.2) is 5.78 Å². The van der Waals surface area contributed by atoms with Crippen molar-refractivity contribution < 1.29 is 4.79 Å². The number of carbonyl (C=O) groups is 1. The molecule has 0 radical (unpaired) electrons. The molecule has 0 saturated heterocycles. The van der Waals surface area contributed by atoms with Gasteiger partial charge >= 0.3 is 0 Å². The maximum absolute atomic E-state index is 11.9. The Bertz CT molecular complexity index is 687. The molecular weight excluding hydrogens is 268 g/mol. The highest BCUT2D eigenvalue weighted by Crippen LogP contribution is 2.62. The van der Waals surface area contributed by atoms with Crippen molar-refractivity contribution in [3.8, 4) is 0 Å². The summed E-state index contributed by atoms with van der Waals surface area (Å²) in [5.41, 5.74) is 7.65. The maximum Gasteiger partial charge on any atom is 0.156 e. The van der Waals surface area contributed by atoms with E-state index in [0.717, 1.165) is 18.8 Å². The SMILES string of the molecule is C=C1CC2=C(CCC3(C)C2=CCC3C)C2(C)CCC(=O)C=C12. The van der Waals surface area contributed by atoms with Crippen LogP contribution < -0.4 is 0 Å². The fourth-order valence-electron chi connectivity index (χ4n) is 5.43. The summed E-state index contributed by atoms with van der Waals surface area (Å²) in [4.78, 5) is 11.9. The molecule has 116 valence electrons. The first kappa shape index (κ1) is 14.2. The molecule has 4 rings (SSSR count). The number of fused-ring (bicyclic) bond motifs is 4. The zero-order chi connectivity index (χ0) is 15.7. The van der Waals surface area contributed by atoms with E-state index in [1.54, 1.807) is 16.7 Å². The highest BCUT2D eigenvalue weighted by atomic mass is 16.1. The second kappa shape index (κ2) is 4.34. The van der Waals surface area contributed by atoms with Gasteiger partial charge in [0.1, 0.15) is 0 Å². The Morgan fingerprint density at radius 2 is 1.95 bits per heavy atom.